The SMILES string of the molecule is Cc1csc2nc(-c3ccc(N)cc3)cn12. The predicted octanol–water partition coefficient (Wildman–Crippen LogP) is 2.95. The Balaban J connectivity index is 2.15. The van der Waals surface area contributed by atoms with Gasteiger partial charge in [0.05, 0.1) is 5.69 Å². The third-order valence-electron chi connectivity index (χ3n) is 2.59. The van der Waals surface area contributed by atoms with Crippen LogP contribution in [-0.2, 0) is 0 Å². The van der Waals surface area contributed by atoms with Crippen LogP contribution in [0.4, 0.5) is 5.69 Å². The van der Waals surface area contributed by atoms with Gasteiger partial charge >= 0.3 is 0 Å². The number of benzene rings is 1. The van der Waals surface area contributed by atoms with Gasteiger partial charge in [0.25, 0.3) is 0 Å². The van der Waals surface area contributed by atoms with Crippen molar-refractivity contribution in [2.45, 2.75) is 6.92 Å². The molecule has 1 aromatic carbocycles. The first kappa shape index (κ1) is 9.42. The molecule has 2 heterocycles. The van der Waals surface area contributed by atoms with E-state index in [0.717, 1.165) is 21.9 Å². The summed E-state index contributed by atoms with van der Waals surface area (Å²) in [5, 5.41) is 2.11. The lowest BCUT2D eigenvalue weighted by atomic mass is 10.1. The molecule has 2 aromatic heterocycles. The van der Waals surface area contributed by atoms with Crippen molar-refractivity contribution in [1.82, 2.24) is 9.38 Å². The fourth-order valence-corrected chi connectivity index (χ4v) is 2.54. The van der Waals surface area contributed by atoms with E-state index in [0.29, 0.717) is 0 Å². The van der Waals surface area contributed by atoms with Crippen LogP contribution in [0.15, 0.2) is 35.8 Å². The average molecular weight is 229 g/mol. The summed E-state index contributed by atoms with van der Waals surface area (Å²) in [4.78, 5) is 5.61. The minimum Gasteiger partial charge on any atom is -0.399 e. The van der Waals surface area contributed by atoms with E-state index in [1.807, 2.05) is 24.3 Å². The van der Waals surface area contributed by atoms with Crippen molar-refractivity contribution in [3.8, 4) is 11.3 Å². The van der Waals surface area contributed by atoms with Crippen molar-refractivity contribution >= 4 is 22.0 Å². The third-order valence-corrected chi connectivity index (χ3v) is 3.55. The highest BCUT2D eigenvalue weighted by Gasteiger charge is 2.06. The van der Waals surface area contributed by atoms with E-state index in [-0.39, 0.29) is 0 Å². The van der Waals surface area contributed by atoms with Crippen LogP contribution < -0.4 is 5.73 Å². The lowest BCUT2D eigenvalue weighted by Gasteiger charge is -1.96. The third kappa shape index (κ3) is 1.39. The van der Waals surface area contributed by atoms with E-state index in [1.165, 1.54) is 5.69 Å². The summed E-state index contributed by atoms with van der Waals surface area (Å²) >= 11 is 1.66. The van der Waals surface area contributed by atoms with Crippen LogP contribution >= 0.6 is 11.3 Å². The topological polar surface area (TPSA) is 43.3 Å². The number of thiazole rings is 1. The largest absolute Gasteiger partial charge is 0.399 e. The lowest BCUT2D eigenvalue weighted by Crippen LogP contribution is -1.83. The van der Waals surface area contributed by atoms with Gasteiger partial charge in [-0.25, -0.2) is 4.98 Å². The zero-order valence-corrected chi connectivity index (χ0v) is 9.66. The highest BCUT2D eigenvalue weighted by atomic mass is 32.1. The van der Waals surface area contributed by atoms with E-state index in [4.69, 9.17) is 5.73 Å². The number of hydrogen-bond donors (Lipinski definition) is 1. The van der Waals surface area contributed by atoms with Gasteiger partial charge in [-0.1, -0.05) is 12.1 Å². The Morgan fingerprint density at radius 3 is 2.69 bits per heavy atom. The number of anilines is 1. The minimum atomic E-state index is 0.779. The van der Waals surface area contributed by atoms with Crippen LogP contribution in [0.2, 0.25) is 0 Å². The molecule has 80 valence electrons. The van der Waals surface area contributed by atoms with Gasteiger partial charge in [-0.3, -0.25) is 4.40 Å². The van der Waals surface area contributed by atoms with Crippen LogP contribution in [0.3, 0.4) is 0 Å². The zero-order chi connectivity index (χ0) is 11.1. The number of imidazole rings is 1. The second-order valence-electron chi connectivity index (χ2n) is 3.78. The van der Waals surface area contributed by atoms with Crippen LogP contribution in [0, 0.1) is 6.92 Å². The summed E-state index contributed by atoms with van der Waals surface area (Å²) in [7, 11) is 0. The Morgan fingerprint density at radius 2 is 2.00 bits per heavy atom. The van der Waals surface area contributed by atoms with Crippen LogP contribution in [-0.4, -0.2) is 9.38 Å². The minimum absolute atomic E-state index is 0.779. The van der Waals surface area contributed by atoms with Gasteiger partial charge in [0, 0.05) is 28.5 Å². The summed E-state index contributed by atoms with van der Waals surface area (Å²) in [6, 6.07) is 7.79. The number of nitrogens with zero attached hydrogens (tertiary/aromatic N) is 2. The molecular weight excluding hydrogens is 218 g/mol. The van der Waals surface area contributed by atoms with Crippen LogP contribution in [0.5, 0.6) is 0 Å². The van der Waals surface area contributed by atoms with Crippen LogP contribution in [0.1, 0.15) is 5.69 Å². The maximum atomic E-state index is 5.66. The molecule has 0 aliphatic heterocycles. The molecule has 0 aliphatic carbocycles. The molecule has 0 radical (unpaired) electrons. The lowest BCUT2D eigenvalue weighted by molar-refractivity contribution is 1.13. The van der Waals surface area contributed by atoms with Crippen LogP contribution in [0.25, 0.3) is 16.2 Å². The second kappa shape index (κ2) is 3.35. The van der Waals surface area contributed by atoms with Gasteiger partial charge < -0.3 is 5.73 Å². The van der Waals surface area contributed by atoms with Gasteiger partial charge in [-0.15, -0.1) is 11.3 Å². The predicted molar refractivity (Wildman–Crippen MR) is 67.7 cm³/mol. The normalized spacial score (nSPS) is 11.1. The van der Waals surface area contributed by atoms with Crippen molar-refractivity contribution in [2.24, 2.45) is 0 Å². The smallest absolute Gasteiger partial charge is 0.194 e. The average Bonchev–Trinajstić information content (AvgIpc) is 2.83. The van der Waals surface area contributed by atoms with Gasteiger partial charge in [0.15, 0.2) is 4.96 Å². The van der Waals surface area contributed by atoms with Gasteiger partial charge in [0.1, 0.15) is 0 Å². The van der Waals surface area contributed by atoms with Crippen molar-refractivity contribution in [1.29, 1.82) is 0 Å². The summed E-state index contributed by atoms with van der Waals surface area (Å²) in [6.45, 7) is 2.08. The van der Waals surface area contributed by atoms with E-state index < -0.39 is 0 Å². The zero-order valence-electron chi connectivity index (χ0n) is 8.84. The quantitative estimate of drug-likeness (QED) is 0.652. The molecule has 0 saturated heterocycles. The maximum absolute atomic E-state index is 5.66. The van der Waals surface area contributed by atoms with E-state index in [9.17, 15) is 0 Å². The molecular formula is C12H11N3S. The summed E-state index contributed by atoms with van der Waals surface area (Å²) in [6.07, 6.45) is 2.06. The molecule has 3 aromatic rings. The number of rotatable bonds is 1. The molecule has 0 amide bonds. The van der Waals surface area contributed by atoms with E-state index in [2.05, 4.69) is 27.9 Å². The highest BCUT2D eigenvalue weighted by molar-refractivity contribution is 7.15. The molecule has 0 unspecified atom stereocenters. The van der Waals surface area contributed by atoms with Gasteiger partial charge in [-0.05, 0) is 19.1 Å². The Kier molecular flexibility index (Phi) is 1.97. The van der Waals surface area contributed by atoms with E-state index in [1.54, 1.807) is 11.3 Å². The van der Waals surface area contributed by atoms with Crippen molar-refractivity contribution in [2.75, 3.05) is 5.73 Å². The Hall–Kier alpha value is -1.81. The Bertz CT molecular complexity index is 634. The number of fused-ring (bicyclic) bond motifs is 1. The molecule has 4 heteroatoms. The molecule has 3 rings (SSSR count). The molecule has 2 N–H and O–H groups in total. The molecule has 0 fully saturated rings. The number of aromatic nitrogens is 2. The van der Waals surface area contributed by atoms with Crippen molar-refractivity contribution < 1.29 is 0 Å². The first-order valence-corrected chi connectivity index (χ1v) is 5.91. The van der Waals surface area contributed by atoms with Crippen molar-refractivity contribution in [3.05, 3.63) is 41.5 Å². The highest BCUT2D eigenvalue weighted by Crippen LogP contribution is 2.23. The molecule has 0 saturated carbocycles. The summed E-state index contributed by atoms with van der Waals surface area (Å²) in [5.41, 5.74) is 9.75. The molecule has 0 aliphatic rings. The maximum Gasteiger partial charge on any atom is 0.194 e. The first-order valence-electron chi connectivity index (χ1n) is 5.03. The fourth-order valence-electron chi connectivity index (χ4n) is 1.69. The fraction of sp³-hybridized carbons (Fsp3) is 0.0833. The Morgan fingerprint density at radius 1 is 1.25 bits per heavy atom. The number of nitrogens with two attached hydrogens (primary N) is 1. The summed E-state index contributed by atoms with van der Waals surface area (Å²) in [5.74, 6) is 0. The van der Waals surface area contributed by atoms with Gasteiger partial charge in [0.2, 0.25) is 0 Å². The second-order valence-corrected chi connectivity index (χ2v) is 4.61. The molecule has 0 atom stereocenters. The number of nitrogen functional groups attached to an aromatic ring is 1. The number of aryl methyl sites for hydroxylation is 1. The molecule has 16 heavy (non-hydrogen) atoms. The molecule has 0 spiro atoms. The molecule has 0 bridgehead atoms. The standard InChI is InChI=1S/C12H11N3S/c1-8-7-16-12-14-11(6-15(8)12)9-2-4-10(13)5-3-9/h2-7H,13H2,1H3. The van der Waals surface area contributed by atoms with Crippen molar-refractivity contribution in [3.63, 3.8) is 0 Å². The monoisotopic (exact) mass is 229 g/mol. The molecule has 3 nitrogen and oxygen atoms in total. The van der Waals surface area contributed by atoms with Gasteiger partial charge in [-0.2, -0.15) is 0 Å². The first-order chi connectivity index (χ1) is 7.74. The number of hydrogen-bond acceptors (Lipinski definition) is 3. The Labute approximate surface area is 97.2 Å². The van der Waals surface area contributed by atoms with E-state index >= 15 is 0 Å². The summed E-state index contributed by atoms with van der Waals surface area (Å²) < 4.78 is 2.11.